The van der Waals surface area contributed by atoms with Crippen LogP contribution in [0.15, 0.2) is 18.2 Å². The third-order valence-corrected chi connectivity index (χ3v) is 1.29. The Hall–Kier alpha value is -1.58. The first-order valence-corrected chi connectivity index (χ1v) is 3.36. The van der Waals surface area contributed by atoms with Gasteiger partial charge < -0.3 is 14.7 Å². The van der Waals surface area contributed by atoms with Crippen LogP contribution in [0.5, 0.6) is 5.75 Å². The first kappa shape index (κ1) is 9.51. The summed E-state index contributed by atoms with van der Waals surface area (Å²) in [5, 5.41) is 25.3. The standard InChI is InChI=1S/C7H5BFNO3/c9-6-1-2-7(13-8(11)12)5(3-6)4-10/h1-3,11-12H. The molecule has 0 aliphatic heterocycles. The highest BCUT2D eigenvalue weighted by atomic mass is 19.1. The summed E-state index contributed by atoms with van der Waals surface area (Å²) < 4.78 is 17.0. The third-order valence-electron chi connectivity index (χ3n) is 1.29. The topological polar surface area (TPSA) is 73.5 Å². The van der Waals surface area contributed by atoms with Gasteiger partial charge in [-0.05, 0) is 18.2 Å². The average molecular weight is 181 g/mol. The van der Waals surface area contributed by atoms with Gasteiger partial charge in [0, 0.05) is 0 Å². The van der Waals surface area contributed by atoms with Crippen molar-refractivity contribution in [2.45, 2.75) is 0 Å². The molecule has 66 valence electrons. The van der Waals surface area contributed by atoms with Crippen molar-refractivity contribution in [3.63, 3.8) is 0 Å². The van der Waals surface area contributed by atoms with Crippen molar-refractivity contribution in [2.75, 3.05) is 0 Å². The zero-order valence-electron chi connectivity index (χ0n) is 6.44. The van der Waals surface area contributed by atoms with E-state index < -0.39 is 13.1 Å². The molecule has 0 radical (unpaired) electrons. The normalized spacial score (nSPS) is 9.08. The fraction of sp³-hybridized carbons (Fsp3) is 0. The molecule has 0 aliphatic carbocycles. The van der Waals surface area contributed by atoms with Crippen LogP contribution in [0.2, 0.25) is 0 Å². The van der Waals surface area contributed by atoms with Crippen molar-refractivity contribution in [1.82, 2.24) is 0 Å². The minimum atomic E-state index is -2.02. The van der Waals surface area contributed by atoms with Gasteiger partial charge in [-0.2, -0.15) is 5.26 Å². The van der Waals surface area contributed by atoms with E-state index in [1.165, 1.54) is 0 Å². The number of hydrogen-bond acceptors (Lipinski definition) is 4. The second-order valence-electron chi connectivity index (χ2n) is 2.20. The molecule has 1 aromatic carbocycles. The molecule has 0 amide bonds. The Labute approximate surface area is 74.0 Å². The van der Waals surface area contributed by atoms with Gasteiger partial charge in [0.2, 0.25) is 0 Å². The van der Waals surface area contributed by atoms with Crippen LogP contribution in [0, 0.1) is 17.1 Å². The lowest BCUT2D eigenvalue weighted by molar-refractivity contribution is 0.287. The molecule has 0 aromatic heterocycles. The van der Waals surface area contributed by atoms with E-state index in [9.17, 15) is 4.39 Å². The fourth-order valence-electron chi connectivity index (χ4n) is 0.806. The quantitative estimate of drug-likeness (QED) is 0.631. The second kappa shape index (κ2) is 3.89. The number of hydrogen-bond donors (Lipinski definition) is 2. The highest BCUT2D eigenvalue weighted by Gasteiger charge is 2.14. The Kier molecular flexibility index (Phi) is 2.85. The Balaban J connectivity index is 3.01. The van der Waals surface area contributed by atoms with Gasteiger partial charge in [-0.3, -0.25) is 0 Å². The molecule has 1 rings (SSSR count). The zero-order valence-corrected chi connectivity index (χ0v) is 6.44. The van der Waals surface area contributed by atoms with Gasteiger partial charge in [0.1, 0.15) is 17.6 Å². The van der Waals surface area contributed by atoms with Crippen molar-refractivity contribution in [2.24, 2.45) is 0 Å². The Morgan fingerprint density at radius 1 is 1.46 bits per heavy atom. The minimum Gasteiger partial charge on any atom is -0.511 e. The van der Waals surface area contributed by atoms with Crippen LogP contribution in [-0.4, -0.2) is 17.4 Å². The van der Waals surface area contributed by atoms with E-state index in [2.05, 4.69) is 4.65 Å². The molecule has 13 heavy (non-hydrogen) atoms. The van der Waals surface area contributed by atoms with E-state index in [0.717, 1.165) is 18.2 Å². The maximum atomic E-state index is 12.5. The number of nitriles is 1. The molecule has 0 unspecified atom stereocenters. The van der Waals surface area contributed by atoms with Crippen LogP contribution in [0.4, 0.5) is 4.39 Å². The number of rotatable bonds is 2. The van der Waals surface area contributed by atoms with Crippen molar-refractivity contribution in [3.8, 4) is 11.8 Å². The summed E-state index contributed by atoms with van der Waals surface area (Å²) >= 11 is 0. The third kappa shape index (κ3) is 2.44. The first-order chi connectivity index (χ1) is 6.13. The Morgan fingerprint density at radius 2 is 2.15 bits per heavy atom. The monoisotopic (exact) mass is 181 g/mol. The molecule has 0 bridgehead atoms. The predicted octanol–water partition coefficient (Wildman–Crippen LogP) is 0.0457. The molecule has 0 heterocycles. The highest BCUT2D eigenvalue weighted by Crippen LogP contribution is 2.18. The first-order valence-electron chi connectivity index (χ1n) is 3.36. The largest absolute Gasteiger partial charge is 0.707 e. The molecular weight excluding hydrogens is 176 g/mol. The van der Waals surface area contributed by atoms with E-state index in [1.807, 2.05) is 0 Å². The summed E-state index contributed by atoms with van der Waals surface area (Å²) in [4.78, 5) is 0. The highest BCUT2D eigenvalue weighted by molar-refractivity contribution is 6.33. The van der Waals surface area contributed by atoms with Gasteiger partial charge in [-0.1, -0.05) is 0 Å². The second-order valence-corrected chi connectivity index (χ2v) is 2.20. The van der Waals surface area contributed by atoms with Crippen molar-refractivity contribution in [3.05, 3.63) is 29.6 Å². The number of nitrogens with zero attached hydrogens (tertiary/aromatic N) is 1. The summed E-state index contributed by atoms with van der Waals surface area (Å²) in [7, 11) is -2.02. The molecule has 0 atom stereocenters. The fourth-order valence-corrected chi connectivity index (χ4v) is 0.806. The smallest absolute Gasteiger partial charge is 0.511 e. The van der Waals surface area contributed by atoms with E-state index >= 15 is 0 Å². The van der Waals surface area contributed by atoms with Gasteiger partial charge in [0.05, 0.1) is 5.56 Å². The molecule has 0 saturated carbocycles. The summed E-state index contributed by atoms with van der Waals surface area (Å²) in [6, 6.07) is 4.80. The number of halogens is 1. The number of benzene rings is 1. The summed E-state index contributed by atoms with van der Waals surface area (Å²) in [5.74, 6) is -0.657. The Bertz CT molecular complexity index is 350. The molecule has 4 nitrogen and oxygen atoms in total. The van der Waals surface area contributed by atoms with E-state index in [-0.39, 0.29) is 11.3 Å². The van der Waals surface area contributed by atoms with Gasteiger partial charge in [-0.25, -0.2) is 4.39 Å². The van der Waals surface area contributed by atoms with Crippen molar-refractivity contribution in [1.29, 1.82) is 5.26 Å². The van der Waals surface area contributed by atoms with Crippen LogP contribution < -0.4 is 4.65 Å². The van der Waals surface area contributed by atoms with Crippen LogP contribution >= 0.6 is 0 Å². The van der Waals surface area contributed by atoms with E-state index in [4.69, 9.17) is 15.3 Å². The molecule has 0 aliphatic rings. The molecule has 1 aromatic rings. The van der Waals surface area contributed by atoms with Crippen LogP contribution in [0.3, 0.4) is 0 Å². The SMILES string of the molecule is N#Cc1cc(F)ccc1OB(O)O. The summed E-state index contributed by atoms with van der Waals surface area (Å²) in [6.45, 7) is 0. The van der Waals surface area contributed by atoms with Gasteiger partial charge >= 0.3 is 7.32 Å². The van der Waals surface area contributed by atoms with Gasteiger partial charge in [-0.15, -0.1) is 0 Å². The Morgan fingerprint density at radius 3 is 2.69 bits per heavy atom. The van der Waals surface area contributed by atoms with Crippen molar-refractivity contribution >= 4 is 7.32 Å². The maximum Gasteiger partial charge on any atom is 0.707 e. The average Bonchev–Trinajstić information content (AvgIpc) is 2.07. The molecule has 6 heteroatoms. The van der Waals surface area contributed by atoms with Gasteiger partial charge in [0.15, 0.2) is 0 Å². The summed E-state index contributed by atoms with van der Waals surface area (Å²) in [5.41, 5.74) is -0.0897. The molecular formula is C7H5BFNO3. The van der Waals surface area contributed by atoms with Crippen LogP contribution in [0.25, 0.3) is 0 Å². The van der Waals surface area contributed by atoms with Crippen molar-refractivity contribution < 1.29 is 19.1 Å². The lowest BCUT2D eigenvalue weighted by Crippen LogP contribution is -2.21. The lowest BCUT2D eigenvalue weighted by atomic mass is 10.2. The predicted molar refractivity (Wildman–Crippen MR) is 41.9 cm³/mol. The zero-order chi connectivity index (χ0) is 9.84. The lowest BCUT2D eigenvalue weighted by Gasteiger charge is -2.05. The van der Waals surface area contributed by atoms with Gasteiger partial charge in [0.25, 0.3) is 0 Å². The van der Waals surface area contributed by atoms with Crippen LogP contribution in [-0.2, 0) is 0 Å². The summed E-state index contributed by atoms with van der Waals surface area (Å²) in [6.07, 6.45) is 0. The molecule has 0 spiro atoms. The molecule has 0 fully saturated rings. The molecule has 2 N–H and O–H groups in total. The minimum absolute atomic E-state index is 0.0705. The van der Waals surface area contributed by atoms with Crippen LogP contribution in [0.1, 0.15) is 5.56 Å². The molecule has 0 saturated heterocycles. The van der Waals surface area contributed by atoms with E-state index in [0.29, 0.717) is 0 Å². The maximum absolute atomic E-state index is 12.5. The van der Waals surface area contributed by atoms with E-state index in [1.54, 1.807) is 6.07 Å².